The van der Waals surface area contributed by atoms with Crippen LogP contribution in [-0.2, 0) is 21.3 Å². The van der Waals surface area contributed by atoms with Gasteiger partial charge in [-0.05, 0) is 23.8 Å². The smallest absolute Gasteiger partial charge is 0.246 e. The number of aromatic nitrogens is 1. The average Bonchev–Trinajstić information content (AvgIpc) is 2.51. The number of pyridine rings is 1. The lowest BCUT2D eigenvalue weighted by atomic mass is 10.3. The van der Waals surface area contributed by atoms with Crippen LogP contribution in [0.25, 0.3) is 0 Å². The quantitative estimate of drug-likeness (QED) is 0.635. The van der Waals surface area contributed by atoms with Crippen LogP contribution in [0.4, 0.5) is 0 Å². The van der Waals surface area contributed by atoms with Gasteiger partial charge in [-0.2, -0.15) is 4.31 Å². The van der Waals surface area contributed by atoms with Crippen molar-refractivity contribution in [2.75, 3.05) is 20.3 Å². The number of hydrogen-bond donors (Lipinski definition) is 0. The molecule has 0 spiro atoms. The second-order valence-electron chi connectivity index (χ2n) is 4.89. The third-order valence-electron chi connectivity index (χ3n) is 3.19. The van der Waals surface area contributed by atoms with E-state index in [1.165, 1.54) is 23.5 Å². The highest BCUT2D eigenvalue weighted by Gasteiger charge is 2.29. The van der Waals surface area contributed by atoms with Crippen LogP contribution in [0, 0.1) is 0 Å². The Balaban J connectivity index is 2.44. The van der Waals surface area contributed by atoms with Crippen molar-refractivity contribution in [2.45, 2.75) is 11.4 Å². The summed E-state index contributed by atoms with van der Waals surface area (Å²) in [5, 5.41) is 0.117. The maximum absolute atomic E-state index is 13.1. The summed E-state index contributed by atoms with van der Waals surface area (Å²) in [6.45, 7) is 0.546. The molecule has 2 rings (SSSR count). The molecule has 24 heavy (non-hydrogen) atoms. The van der Waals surface area contributed by atoms with Gasteiger partial charge in [0.25, 0.3) is 0 Å². The van der Waals surface area contributed by atoms with Crippen LogP contribution in [-0.4, -0.2) is 38.0 Å². The van der Waals surface area contributed by atoms with Crippen LogP contribution in [0.3, 0.4) is 0 Å². The van der Waals surface area contributed by atoms with Crippen LogP contribution in [0.5, 0.6) is 0 Å². The first-order valence-electron chi connectivity index (χ1n) is 6.89. The van der Waals surface area contributed by atoms with Gasteiger partial charge in [-0.15, -0.1) is 0 Å². The van der Waals surface area contributed by atoms with E-state index in [9.17, 15) is 8.42 Å². The molecule has 0 radical (unpaired) electrons. The second kappa shape index (κ2) is 8.60. The summed E-state index contributed by atoms with van der Waals surface area (Å²) in [6, 6.07) is 6.54. The van der Waals surface area contributed by atoms with E-state index < -0.39 is 10.0 Å². The molecule has 0 aliphatic heterocycles. The maximum Gasteiger partial charge on any atom is 0.246 e. The fourth-order valence-electron chi connectivity index (χ4n) is 2.08. The third kappa shape index (κ3) is 4.68. The first-order chi connectivity index (χ1) is 11.4. The summed E-state index contributed by atoms with van der Waals surface area (Å²) in [5.41, 5.74) is 0.751. The first-order valence-corrected chi connectivity index (χ1v) is 9.87. The number of ether oxygens (including phenoxy) is 1. The lowest BCUT2D eigenvalue weighted by Crippen LogP contribution is -2.34. The summed E-state index contributed by atoms with van der Waals surface area (Å²) >= 11 is 15.5. The Bertz CT molecular complexity index is 781. The Kier molecular flexibility index (Phi) is 7.03. The van der Waals surface area contributed by atoms with Crippen LogP contribution < -0.4 is 0 Å². The maximum atomic E-state index is 13.1. The van der Waals surface area contributed by atoms with E-state index in [4.69, 9.17) is 27.9 Å². The number of hydrogen-bond acceptors (Lipinski definition) is 4. The van der Waals surface area contributed by atoms with Gasteiger partial charge in [0.1, 0.15) is 4.90 Å². The van der Waals surface area contributed by atoms with E-state index in [2.05, 4.69) is 20.9 Å². The van der Waals surface area contributed by atoms with Crippen molar-refractivity contribution in [3.63, 3.8) is 0 Å². The minimum atomic E-state index is -3.91. The minimum Gasteiger partial charge on any atom is -0.383 e. The normalized spacial score (nSPS) is 11.9. The SMILES string of the molecule is COCCN(Cc1cccnc1)S(=O)(=O)c1c(Cl)cc(Br)cc1Cl. The van der Waals surface area contributed by atoms with Gasteiger partial charge in [-0.1, -0.05) is 45.2 Å². The fraction of sp³-hybridized carbons (Fsp3) is 0.267. The molecule has 1 aromatic heterocycles. The Labute approximate surface area is 159 Å². The number of rotatable bonds is 7. The summed E-state index contributed by atoms with van der Waals surface area (Å²) in [7, 11) is -2.40. The molecular formula is C15H15BrCl2N2O3S. The van der Waals surface area contributed by atoms with E-state index >= 15 is 0 Å². The topological polar surface area (TPSA) is 59.5 Å². The monoisotopic (exact) mass is 452 g/mol. The molecule has 5 nitrogen and oxygen atoms in total. The van der Waals surface area contributed by atoms with Gasteiger partial charge in [-0.25, -0.2) is 8.42 Å². The summed E-state index contributed by atoms with van der Waals surface area (Å²) < 4.78 is 33.0. The van der Waals surface area contributed by atoms with E-state index in [1.807, 2.05) is 0 Å². The highest BCUT2D eigenvalue weighted by atomic mass is 79.9. The van der Waals surface area contributed by atoms with Crippen LogP contribution in [0.15, 0.2) is 46.0 Å². The van der Waals surface area contributed by atoms with Gasteiger partial charge >= 0.3 is 0 Å². The predicted molar refractivity (Wildman–Crippen MR) is 97.9 cm³/mol. The molecule has 2 aromatic rings. The van der Waals surface area contributed by atoms with Gasteiger partial charge in [0.15, 0.2) is 0 Å². The summed E-state index contributed by atoms with van der Waals surface area (Å²) in [6.07, 6.45) is 3.24. The summed E-state index contributed by atoms with van der Waals surface area (Å²) in [4.78, 5) is 3.89. The van der Waals surface area contributed by atoms with E-state index in [0.717, 1.165) is 5.56 Å². The number of halogens is 3. The van der Waals surface area contributed by atoms with Crippen molar-refractivity contribution < 1.29 is 13.2 Å². The van der Waals surface area contributed by atoms with E-state index in [1.54, 1.807) is 24.5 Å². The highest BCUT2D eigenvalue weighted by Crippen LogP contribution is 2.35. The Morgan fingerprint density at radius 3 is 2.50 bits per heavy atom. The average molecular weight is 454 g/mol. The highest BCUT2D eigenvalue weighted by molar-refractivity contribution is 9.10. The van der Waals surface area contributed by atoms with Crippen LogP contribution >= 0.6 is 39.1 Å². The molecule has 0 saturated carbocycles. The molecule has 0 amide bonds. The largest absolute Gasteiger partial charge is 0.383 e. The van der Waals surface area contributed by atoms with Gasteiger partial charge in [-0.3, -0.25) is 4.98 Å². The second-order valence-corrected chi connectivity index (χ2v) is 8.50. The Morgan fingerprint density at radius 1 is 1.29 bits per heavy atom. The predicted octanol–water partition coefficient (Wildman–Crippen LogP) is 3.99. The molecule has 0 unspecified atom stereocenters. The molecule has 0 aliphatic rings. The van der Waals surface area contributed by atoms with E-state index in [0.29, 0.717) is 4.47 Å². The van der Waals surface area contributed by atoms with Crippen molar-refractivity contribution in [3.05, 3.63) is 56.7 Å². The Morgan fingerprint density at radius 2 is 1.96 bits per heavy atom. The molecule has 0 aliphatic carbocycles. The van der Waals surface area contributed by atoms with Gasteiger partial charge in [0, 0.05) is 37.1 Å². The lowest BCUT2D eigenvalue weighted by molar-refractivity contribution is 0.177. The first kappa shape index (κ1) is 19.6. The molecule has 0 atom stereocenters. The number of nitrogens with zero attached hydrogens (tertiary/aromatic N) is 2. The van der Waals surface area contributed by atoms with Gasteiger partial charge < -0.3 is 4.74 Å². The van der Waals surface area contributed by atoms with Crippen molar-refractivity contribution in [3.8, 4) is 0 Å². The lowest BCUT2D eigenvalue weighted by Gasteiger charge is -2.23. The molecule has 9 heteroatoms. The molecule has 1 heterocycles. The van der Waals surface area contributed by atoms with Crippen molar-refractivity contribution >= 4 is 49.2 Å². The Hall–Kier alpha value is -0.700. The minimum absolute atomic E-state index is 0.0583. The van der Waals surface area contributed by atoms with Gasteiger partial charge in [0.2, 0.25) is 10.0 Å². The van der Waals surface area contributed by atoms with Crippen LogP contribution in [0.1, 0.15) is 5.56 Å². The third-order valence-corrected chi connectivity index (χ3v) is 6.41. The molecule has 130 valence electrons. The summed E-state index contributed by atoms with van der Waals surface area (Å²) in [5.74, 6) is 0. The van der Waals surface area contributed by atoms with Gasteiger partial charge in [0.05, 0.1) is 16.7 Å². The standard InChI is InChI=1S/C15H15BrCl2N2O3S/c1-23-6-5-20(10-11-3-2-4-19-9-11)24(21,22)15-13(17)7-12(16)8-14(15)18/h2-4,7-9H,5-6,10H2,1H3. The number of sulfonamides is 1. The molecule has 0 fully saturated rings. The number of benzene rings is 1. The molecule has 0 bridgehead atoms. The zero-order valence-corrected chi connectivity index (χ0v) is 16.7. The fourth-order valence-corrected chi connectivity index (χ4v) is 5.37. The van der Waals surface area contributed by atoms with Crippen molar-refractivity contribution in [1.82, 2.24) is 9.29 Å². The zero-order valence-electron chi connectivity index (χ0n) is 12.7. The zero-order chi connectivity index (χ0) is 17.7. The molecule has 0 saturated heterocycles. The molecule has 0 N–H and O–H groups in total. The van der Waals surface area contributed by atoms with Crippen molar-refractivity contribution in [1.29, 1.82) is 0 Å². The van der Waals surface area contributed by atoms with Crippen LogP contribution in [0.2, 0.25) is 10.0 Å². The number of methoxy groups -OCH3 is 1. The van der Waals surface area contributed by atoms with Crippen molar-refractivity contribution in [2.24, 2.45) is 0 Å². The molecular weight excluding hydrogens is 439 g/mol. The molecule has 1 aromatic carbocycles. The van der Waals surface area contributed by atoms with E-state index in [-0.39, 0.29) is 34.6 Å².